The fraction of sp³-hybridized carbons (Fsp3) is 0.304. The maximum Gasteiger partial charge on any atom is 0.250 e. The van der Waals surface area contributed by atoms with Crippen molar-refractivity contribution in [1.29, 1.82) is 0 Å². The fourth-order valence-electron chi connectivity index (χ4n) is 4.32. The topological polar surface area (TPSA) is 77.1 Å². The van der Waals surface area contributed by atoms with Crippen LogP contribution in [-0.2, 0) is 17.8 Å². The van der Waals surface area contributed by atoms with Crippen molar-refractivity contribution in [3.63, 3.8) is 0 Å². The molecule has 1 heterocycles. The van der Waals surface area contributed by atoms with Crippen LogP contribution in [0.4, 0.5) is 0 Å². The number of hydrogen-bond acceptors (Lipinski definition) is 2. The van der Waals surface area contributed by atoms with Gasteiger partial charge >= 0.3 is 0 Å². The Kier molecular flexibility index (Phi) is 4.90. The van der Waals surface area contributed by atoms with Gasteiger partial charge in [-0.2, -0.15) is 0 Å². The number of para-hydroxylation sites is 1. The van der Waals surface area contributed by atoms with E-state index in [0.29, 0.717) is 11.5 Å². The minimum Gasteiger partial charge on any atom is -0.366 e. The van der Waals surface area contributed by atoms with E-state index in [1.807, 2.05) is 30.3 Å². The normalized spacial score (nSPS) is 19.0. The average molecular weight is 375 g/mol. The van der Waals surface area contributed by atoms with Crippen LogP contribution in [0.15, 0.2) is 54.7 Å². The Labute approximate surface area is 164 Å². The Bertz CT molecular complexity index is 1040. The van der Waals surface area contributed by atoms with Crippen molar-refractivity contribution in [2.75, 3.05) is 0 Å². The van der Waals surface area contributed by atoms with Crippen molar-refractivity contribution in [2.45, 2.75) is 38.8 Å². The van der Waals surface area contributed by atoms with E-state index in [9.17, 15) is 9.59 Å². The summed E-state index contributed by atoms with van der Waals surface area (Å²) in [6.07, 6.45) is 4.95. The number of amides is 2. The molecule has 0 fully saturated rings. The first-order chi connectivity index (χ1) is 13.5. The summed E-state index contributed by atoms with van der Waals surface area (Å²) >= 11 is 0. The summed E-state index contributed by atoms with van der Waals surface area (Å²) in [7, 11) is 0. The molecule has 0 saturated heterocycles. The number of hydrogen-bond donors (Lipinski definition) is 2. The van der Waals surface area contributed by atoms with Gasteiger partial charge in [-0.1, -0.05) is 49.4 Å². The van der Waals surface area contributed by atoms with Gasteiger partial charge in [0, 0.05) is 17.1 Å². The number of nitrogens with one attached hydrogen (secondary N) is 1. The summed E-state index contributed by atoms with van der Waals surface area (Å²) in [4.78, 5) is 24.7. The van der Waals surface area contributed by atoms with Gasteiger partial charge in [-0.25, -0.2) is 0 Å². The predicted octanol–water partition coefficient (Wildman–Crippen LogP) is 3.57. The number of nitrogens with two attached hydrogens (primary N) is 1. The molecule has 4 rings (SSSR count). The first-order valence-corrected chi connectivity index (χ1v) is 9.79. The molecule has 2 aromatic carbocycles. The molecule has 1 aliphatic rings. The van der Waals surface area contributed by atoms with E-state index >= 15 is 0 Å². The molecule has 2 unspecified atom stereocenters. The molecule has 0 saturated carbocycles. The van der Waals surface area contributed by atoms with Crippen LogP contribution in [0.25, 0.3) is 10.9 Å². The Balaban J connectivity index is 1.60. The van der Waals surface area contributed by atoms with Gasteiger partial charge in [-0.05, 0) is 42.4 Å². The lowest BCUT2D eigenvalue weighted by molar-refractivity contribution is -0.122. The van der Waals surface area contributed by atoms with Crippen molar-refractivity contribution < 1.29 is 9.59 Å². The molecule has 1 aliphatic carbocycles. The minimum absolute atomic E-state index is 0.00337. The van der Waals surface area contributed by atoms with E-state index < -0.39 is 5.91 Å². The third-order valence-electron chi connectivity index (χ3n) is 5.75. The molecule has 5 nitrogen and oxygen atoms in total. The Morgan fingerprint density at radius 3 is 2.71 bits per heavy atom. The van der Waals surface area contributed by atoms with E-state index in [0.717, 1.165) is 30.2 Å². The molecule has 0 bridgehead atoms. The Morgan fingerprint density at radius 1 is 1.14 bits per heavy atom. The van der Waals surface area contributed by atoms with Gasteiger partial charge < -0.3 is 15.6 Å². The molecule has 3 aromatic rings. The van der Waals surface area contributed by atoms with Crippen molar-refractivity contribution >= 4 is 22.7 Å². The molecule has 3 N–H and O–H groups in total. The smallest absolute Gasteiger partial charge is 0.250 e. The highest BCUT2D eigenvalue weighted by Gasteiger charge is 2.26. The predicted molar refractivity (Wildman–Crippen MR) is 110 cm³/mol. The van der Waals surface area contributed by atoms with Crippen LogP contribution < -0.4 is 11.1 Å². The molecule has 5 heteroatoms. The maximum atomic E-state index is 12.9. The lowest BCUT2D eigenvalue weighted by Gasteiger charge is -2.25. The van der Waals surface area contributed by atoms with E-state index in [4.69, 9.17) is 5.73 Å². The van der Waals surface area contributed by atoms with Crippen LogP contribution in [0.1, 0.15) is 47.3 Å². The number of benzene rings is 2. The number of fused-ring (bicyclic) bond motifs is 2. The van der Waals surface area contributed by atoms with E-state index in [1.54, 1.807) is 10.8 Å². The molecular weight excluding hydrogens is 350 g/mol. The first-order valence-electron chi connectivity index (χ1n) is 9.79. The van der Waals surface area contributed by atoms with E-state index in [1.165, 1.54) is 11.1 Å². The second-order valence-corrected chi connectivity index (χ2v) is 7.67. The Hall–Kier alpha value is -3.08. The minimum atomic E-state index is -0.485. The van der Waals surface area contributed by atoms with Gasteiger partial charge in [0.1, 0.15) is 6.54 Å². The van der Waals surface area contributed by atoms with Crippen LogP contribution in [-0.4, -0.2) is 16.4 Å². The second kappa shape index (κ2) is 7.50. The molecule has 1 aromatic heterocycles. The van der Waals surface area contributed by atoms with E-state index in [-0.39, 0.29) is 18.5 Å². The zero-order chi connectivity index (χ0) is 19.7. The quantitative estimate of drug-likeness (QED) is 0.684. The number of rotatable bonds is 4. The zero-order valence-corrected chi connectivity index (χ0v) is 16.0. The fourth-order valence-corrected chi connectivity index (χ4v) is 4.32. The van der Waals surface area contributed by atoms with Gasteiger partial charge in [0.15, 0.2) is 0 Å². The highest BCUT2D eigenvalue weighted by molar-refractivity contribution is 6.06. The highest BCUT2D eigenvalue weighted by atomic mass is 16.2. The van der Waals surface area contributed by atoms with Gasteiger partial charge in [-0.3, -0.25) is 9.59 Å². The van der Waals surface area contributed by atoms with Gasteiger partial charge in [0.25, 0.3) is 5.91 Å². The van der Waals surface area contributed by atoms with Gasteiger partial charge in [0.05, 0.1) is 11.6 Å². The Morgan fingerprint density at radius 2 is 1.89 bits per heavy atom. The third-order valence-corrected chi connectivity index (χ3v) is 5.75. The van der Waals surface area contributed by atoms with Crippen molar-refractivity contribution in [3.8, 4) is 0 Å². The summed E-state index contributed by atoms with van der Waals surface area (Å²) < 4.78 is 1.80. The molecule has 2 amide bonds. The summed E-state index contributed by atoms with van der Waals surface area (Å²) in [5.74, 6) is -0.179. The zero-order valence-electron chi connectivity index (χ0n) is 16.0. The van der Waals surface area contributed by atoms with Crippen molar-refractivity contribution in [3.05, 3.63) is 71.4 Å². The van der Waals surface area contributed by atoms with Crippen LogP contribution in [0, 0.1) is 5.92 Å². The average Bonchev–Trinajstić information content (AvgIpc) is 2.97. The second-order valence-electron chi connectivity index (χ2n) is 7.67. The van der Waals surface area contributed by atoms with Crippen LogP contribution >= 0.6 is 0 Å². The van der Waals surface area contributed by atoms with Crippen LogP contribution in [0.2, 0.25) is 0 Å². The standard InChI is InChI=1S/C23H25N3O2/c1-15-7-6-9-16-8-2-3-10-17(16)22(15)25-21(27)14-26-13-19(23(24)28)18-11-4-5-12-20(18)26/h2-5,8,10-13,15,22H,6-7,9,14H2,1H3,(H2,24,28)(H,25,27). The van der Waals surface area contributed by atoms with Crippen LogP contribution in [0.3, 0.4) is 0 Å². The van der Waals surface area contributed by atoms with Crippen molar-refractivity contribution in [1.82, 2.24) is 9.88 Å². The third kappa shape index (κ3) is 3.40. The number of carbonyl (C=O) groups is 2. The number of primary amides is 1. The summed E-state index contributed by atoms with van der Waals surface area (Å²) in [5, 5.41) is 4.01. The van der Waals surface area contributed by atoms with Crippen molar-refractivity contribution in [2.24, 2.45) is 11.7 Å². The molecule has 0 radical (unpaired) electrons. The number of nitrogens with zero attached hydrogens (tertiary/aromatic N) is 1. The van der Waals surface area contributed by atoms with Gasteiger partial charge in [0.2, 0.25) is 5.91 Å². The summed E-state index contributed by atoms with van der Waals surface area (Å²) in [6.45, 7) is 2.35. The van der Waals surface area contributed by atoms with Gasteiger partial charge in [-0.15, -0.1) is 0 Å². The SMILES string of the molecule is CC1CCCc2ccccc2C1NC(=O)Cn1cc(C(N)=O)c2ccccc21. The number of carbonyl (C=O) groups excluding carboxylic acids is 2. The molecule has 2 atom stereocenters. The number of aryl methyl sites for hydroxylation is 1. The summed E-state index contributed by atoms with van der Waals surface area (Å²) in [5.41, 5.74) is 9.32. The summed E-state index contributed by atoms with van der Waals surface area (Å²) in [6, 6.07) is 15.9. The highest BCUT2D eigenvalue weighted by Crippen LogP contribution is 2.33. The largest absolute Gasteiger partial charge is 0.366 e. The number of aromatic nitrogens is 1. The van der Waals surface area contributed by atoms with Crippen LogP contribution in [0.5, 0.6) is 0 Å². The monoisotopic (exact) mass is 375 g/mol. The maximum absolute atomic E-state index is 12.9. The molecule has 144 valence electrons. The molecule has 0 spiro atoms. The first kappa shape index (κ1) is 18.3. The lowest BCUT2D eigenvalue weighted by Crippen LogP contribution is -2.34. The lowest BCUT2D eigenvalue weighted by atomic mass is 9.92. The molecule has 28 heavy (non-hydrogen) atoms. The molecule has 0 aliphatic heterocycles. The van der Waals surface area contributed by atoms with E-state index in [2.05, 4.69) is 30.4 Å². The molecular formula is C23H25N3O2.